The maximum Gasteiger partial charge on any atom is 0.219 e. The number of pyridine rings is 2. The molecule has 1 aromatic carbocycles. The third-order valence-corrected chi connectivity index (χ3v) is 3.22. The summed E-state index contributed by atoms with van der Waals surface area (Å²) < 4.78 is 11.0. The maximum atomic E-state index is 5.74. The van der Waals surface area contributed by atoms with Crippen molar-refractivity contribution in [1.29, 1.82) is 0 Å². The molecule has 0 unspecified atom stereocenters. The number of hydrogen-bond acceptors (Lipinski definition) is 5. The molecule has 0 spiro atoms. The molecule has 116 valence electrons. The van der Waals surface area contributed by atoms with Gasteiger partial charge < -0.3 is 14.8 Å². The summed E-state index contributed by atoms with van der Waals surface area (Å²) >= 11 is 0. The molecule has 23 heavy (non-hydrogen) atoms. The van der Waals surface area contributed by atoms with Crippen molar-refractivity contribution in [1.82, 2.24) is 9.97 Å². The summed E-state index contributed by atoms with van der Waals surface area (Å²) in [6.07, 6.45) is 3.51. The van der Waals surface area contributed by atoms with Gasteiger partial charge in [-0.2, -0.15) is 0 Å². The minimum Gasteiger partial charge on any atom is -0.493 e. The van der Waals surface area contributed by atoms with Crippen LogP contribution in [-0.4, -0.2) is 17.1 Å². The van der Waals surface area contributed by atoms with Crippen molar-refractivity contribution in [3.8, 4) is 17.4 Å². The zero-order valence-electron chi connectivity index (χ0n) is 12.8. The lowest BCUT2D eigenvalue weighted by Gasteiger charge is -2.10. The highest BCUT2D eigenvalue weighted by molar-refractivity contribution is 5.45. The summed E-state index contributed by atoms with van der Waals surface area (Å²) in [5.41, 5.74) is 1.88. The maximum absolute atomic E-state index is 5.74. The Bertz CT molecular complexity index is 746. The monoisotopic (exact) mass is 307 g/mol. The lowest BCUT2D eigenvalue weighted by atomic mass is 10.3. The molecule has 3 rings (SSSR count). The van der Waals surface area contributed by atoms with Crippen LogP contribution >= 0.6 is 0 Å². The van der Waals surface area contributed by atoms with Crippen molar-refractivity contribution in [2.45, 2.75) is 6.54 Å². The van der Waals surface area contributed by atoms with Crippen LogP contribution in [0.3, 0.4) is 0 Å². The number of anilines is 1. The predicted octanol–water partition coefficient (Wildman–Crippen LogP) is 3.89. The van der Waals surface area contributed by atoms with Gasteiger partial charge in [0.25, 0.3) is 0 Å². The van der Waals surface area contributed by atoms with Gasteiger partial charge in [-0.25, -0.2) is 4.98 Å². The molecule has 0 aliphatic carbocycles. The Labute approximate surface area is 134 Å². The first-order valence-corrected chi connectivity index (χ1v) is 7.26. The van der Waals surface area contributed by atoms with Crippen molar-refractivity contribution in [2.24, 2.45) is 0 Å². The second kappa shape index (κ2) is 7.26. The Morgan fingerprint density at radius 3 is 2.43 bits per heavy atom. The Balaban J connectivity index is 1.63. The third-order valence-electron chi connectivity index (χ3n) is 3.22. The molecule has 0 aliphatic heterocycles. The van der Waals surface area contributed by atoms with Crippen molar-refractivity contribution in [3.05, 3.63) is 72.7 Å². The Kier molecular flexibility index (Phi) is 4.69. The first-order valence-electron chi connectivity index (χ1n) is 7.26. The summed E-state index contributed by atoms with van der Waals surface area (Å²) in [6, 6.07) is 17.0. The smallest absolute Gasteiger partial charge is 0.219 e. The average molecular weight is 307 g/mol. The van der Waals surface area contributed by atoms with E-state index in [4.69, 9.17) is 9.47 Å². The van der Waals surface area contributed by atoms with Crippen LogP contribution < -0.4 is 14.8 Å². The Hall–Kier alpha value is -3.08. The van der Waals surface area contributed by atoms with Crippen molar-refractivity contribution in [2.75, 3.05) is 12.4 Å². The van der Waals surface area contributed by atoms with Crippen LogP contribution in [0.4, 0.5) is 5.69 Å². The van der Waals surface area contributed by atoms with Gasteiger partial charge in [0.15, 0.2) is 11.5 Å². The van der Waals surface area contributed by atoms with Gasteiger partial charge in [0.2, 0.25) is 5.88 Å². The van der Waals surface area contributed by atoms with E-state index in [0.29, 0.717) is 23.9 Å². The third kappa shape index (κ3) is 3.97. The molecule has 3 aromatic rings. The molecular weight excluding hydrogens is 290 g/mol. The van der Waals surface area contributed by atoms with E-state index in [9.17, 15) is 0 Å². The Morgan fingerprint density at radius 2 is 1.74 bits per heavy atom. The van der Waals surface area contributed by atoms with Crippen LogP contribution in [0.1, 0.15) is 5.69 Å². The second-order valence-corrected chi connectivity index (χ2v) is 4.81. The van der Waals surface area contributed by atoms with Crippen LogP contribution in [0.15, 0.2) is 67.0 Å². The van der Waals surface area contributed by atoms with Crippen molar-refractivity contribution < 1.29 is 9.47 Å². The second-order valence-electron chi connectivity index (χ2n) is 4.81. The number of ether oxygens (including phenoxy) is 2. The fraction of sp³-hybridized carbons (Fsp3) is 0.111. The molecule has 0 aliphatic rings. The molecular formula is C18H17N3O2. The van der Waals surface area contributed by atoms with E-state index in [1.54, 1.807) is 19.5 Å². The van der Waals surface area contributed by atoms with Gasteiger partial charge in [-0.05, 0) is 30.3 Å². The summed E-state index contributed by atoms with van der Waals surface area (Å²) in [6.45, 7) is 0.648. The first-order chi connectivity index (χ1) is 11.3. The van der Waals surface area contributed by atoms with E-state index in [-0.39, 0.29) is 0 Å². The van der Waals surface area contributed by atoms with Crippen molar-refractivity contribution >= 4 is 5.69 Å². The lowest BCUT2D eigenvalue weighted by molar-refractivity contribution is 0.374. The summed E-state index contributed by atoms with van der Waals surface area (Å²) in [5.74, 6) is 1.82. The fourth-order valence-electron chi connectivity index (χ4n) is 2.06. The van der Waals surface area contributed by atoms with Crippen LogP contribution in [0.2, 0.25) is 0 Å². The highest BCUT2D eigenvalue weighted by Gasteiger charge is 2.05. The number of nitrogens with zero attached hydrogens (tertiary/aromatic N) is 2. The molecule has 0 radical (unpaired) electrons. The Morgan fingerprint density at radius 1 is 0.913 bits per heavy atom. The molecule has 0 bridgehead atoms. The molecule has 2 aromatic heterocycles. The minimum absolute atomic E-state index is 0.512. The van der Waals surface area contributed by atoms with Gasteiger partial charge >= 0.3 is 0 Å². The predicted molar refractivity (Wildman–Crippen MR) is 88.9 cm³/mol. The topological polar surface area (TPSA) is 56.3 Å². The largest absolute Gasteiger partial charge is 0.493 e. The van der Waals surface area contributed by atoms with Gasteiger partial charge in [0.1, 0.15) is 0 Å². The van der Waals surface area contributed by atoms with Gasteiger partial charge in [0, 0.05) is 12.3 Å². The minimum atomic E-state index is 0.512. The molecule has 5 heteroatoms. The van der Waals surface area contributed by atoms with E-state index >= 15 is 0 Å². The van der Waals surface area contributed by atoms with Crippen LogP contribution in [0.25, 0.3) is 0 Å². The van der Waals surface area contributed by atoms with Gasteiger partial charge in [-0.1, -0.05) is 18.2 Å². The van der Waals surface area contributed by atoms with Crippen LogP contribution in [0.5, 0.6) is 17.4 Å². The number of aromatic nitrogens is 2. The molecule has 0 atom stereocenters. The highest BCUT2D eigenvalue weighted by Crippen LogP contribution is 2.30. The zero-order chi connectivity index (χ0) is 15.9. The standard InChI is InChI=1S/C18H17N3O2/c1-22-16-7-2-3-8-17(16)23-18-10-9-15(13-21-18)20-12-14-6-4-5-11-19-14/h2-11,13,20H,12H2,1H3. The first kappa shape index (κ1) is 14.8. The number of hydrogen-bond donors (Lipinski definition) is 1. The zero-order valence-corrected chi connectivity index (χ0v) is 12.8. The average Bonchev–Trinajstić information content (AvgIpc) is 2.62. The van der Waals surface area contributed by atoms with E-state index < -0.39 is 0 Å². The molecule has 0 saturated carbocycles. The molecule has 0 fully saturated rings. The SMILES string of the molecule is COc1ccccc1Oc1ccc(NCc2ccccn2)cn1. The number of para-hydroxylation sites is 2. The molecule has 0 amide bonds. The van der Waals surface area contributed by atoms with Crippen LogP contribution in [0, 0.1) is 0 Å². The summed E-state index contributed by atoms with van der Waals surface area (Å²) in [4.78, 5) is 8.57. The quantitative estimate of drug-likeness (QED) is 0.748. The number of rotatable bonds is 6. The molecule has 5 nitrogen and oxygen atoms in total. The summed E-state index contributed by atoms with van der Waals surface area (Å²) in [5, 5.41) is 3.27. The van der Waals surface area contributed by atoms with Crippen LogP contribution in [-0.2, 0) is 6.54 Å². The van der Waals surface area contributed by atoms with Gasteiger partial charge in [-0.15, -0.1) is 0 Å². The van der Waals surface area contributed by atoms with E-state index in [2.05, 4.69) is 15.3 Å². The molecule has 0 saturated heterocycles. The number of nitrogens with one attached hydrogen (secondary N) is 1. The van der Waals surface area contributed by atoms with Gasteiger partial charge in [-0.3, -0.25) is 4.98 Å². The lowest BCUT2D eigenvalue weighted by Crippen LogP contribution is -2.01. The molecule has 2 heterocycles. The van der Waals surface area contributed by atoms with E-state index in [0.717, 1.165) is 11.4 Å². The fourth-order valence-corrected chi connectivity index (χ4v) is 2.06. The van der Waals surface area contributed by atoms with Crippen molar-refractivity contribution in [3.63, 3.8) is 0 Å². The van der Waals surface area contributed by atoms with E-state index in [1.807, 2.05) is 54.6 Å². The summed E-state index contributed by atoms with van der Waals surface area (Å²) in [7, 11) is 1.61. The highest BCUT2D eigenvalue weighted by atomic mass is 16.5. The van der Waals surface area contributed by atoms with E-state index in [1.165, 1.54) is 0 Å². The number of methoxy groups -OCH3 is 1. The normalized spacial score (nSPS) is 10.1. The number of benzene rings is 1. The molecule has 1 N–H and O–H groups in total. The van der Waals surface area contributed by atoms with Gasteiger partial charge in [0.05, 0.1) is 31.2 Å².